The molecular formula is C49H36N2O. The summed E-state index contributed by atoms with van der Waals surface area (Å²) in [6.07, 6.45) is 5.63. The van der Waals surface area contributed by atoms with Crippen LogP contribution in [0.15, 0.2) is 176 Å². The fraction of sp³-hybridized carbons (Fsp3) is 0.0612. The molecule has 0 bridgehead atoms. The third kappa shape index (κ3) is 5.01. The molecule has 0 saturated heterocycles. The number of allylic oxidation sites excluding steroid dienone is 1. The SMILES string of the molecule is OCc1ccc(-n2c3c(c4cc(-c5ccccc5)ccc42)CC(c2ccc4c(c2)c2cc(-c5ccccc5)ccc2n4-c2ccccc2)C=C3)cc1. The van der Waals surface area contributed by atoms with E-state index in [9.17, 15) is 5.11 Å². The molecule has 1 N–H and O–H groups in total. The molecule has 10 rings (SSSR count). The van der Waals surface area contributed by atoms with E-state index >= 15 is 0 Å². The maximum absolute atomic E-state index is 9.73. The maximum atomic E-state index is 9.73. The Labute approximate surface area is 303 Å². The first-order valence-electron chi connectivity index (χ1n) is 18.0. The molecule has 1 atom stereocenters. The number of hydrogen-bond acceptors (Lipinski definition) is 1. The number of fused-ring (bicyclic) bond motifs is 6. The molecule has 52 heavy (non-hydrogen) atoms. The van der Waals surface area contributed by atoms with Gasteiger partial charge in [0.05, 0.1) is 23.2 Å². The van der Waals surface area contributed by atoms with Gasteiger partial charge in [-0.15, -0.1) is 0 Å². The summed E-state index contributed by atoms with van der Waals surface area (Å²) in [5.74, 6) is 0.223. The average molecular weight is 669 g/mol. The second-order valence-corrected chi connectivity index (χ2v) is 13.8. The van der Waals surface area contributed by atoms with Gasteiger partial charge in [-0.05, 0) is 112 Å². The predicted octanol–water partition coefficient (Wildman–Crippen LogP) is 11.9. The normalized spacial score (nSPS) is 14.0. The van der Waals surface area contributed by atoms with Gasteiger partial charge in [-0.25, -0.2) is 0 Å². The molecule has 2 aromatic heterocycles. The Kier molecular flexibility index (Phi) is 7.26. The van der Waals surface area contributed by atoms with Crippen LogP contribution in [0.4, 0.5) is 0 Å². The molecule has 1 aliphatic rings. The van der Waals surface area contributed by atoms with Gasteiger partial charge in [-0.3, -0.25) is 0 Å². The van der Waals surface area contributed by atoms with E-state index in [0.29, 0.717) is 0 Å². The molecule has 0 radical (unpaired) electrons. The monoisotopic (exact) mass is 668 g/mol. The highest BCUT2D eigenvalue weighted by atomic mass is 16.3. The lowest BCUT2D eigenvalue weighted by molar-refractivity contribution is 0.282. The predicted molar refractivity (Wildman–Crippen MR) is 216 cm³/mol. The van der Waals surface area contributed by atoms with Crippen LogP contribution in [0.1, 0.15) is 28.3 Å². The molecule has 0 aliphatic heterocycles. The summed E-state index contributed by atoms with van der Waals surface area (Å²) in [5.41, 5.74) is 15.6. The van der Waals surface area contributed by atoms with Crippen molar-refractivity contribution in [2.75, 3.05) is 0 Å². The first kappa shape index (κ1) is 30.4. The quantitative estimate of drug-likeness (QED) is 0.188. The van der Waals surface area contributed by atoms with Crippen LogP contribution in [0.3, 0.4) is 0 Å². The number of aliphatic hydroxyl groups excluding tert-OH is 1. The van der Waals surface area contributed by atoms with Crippen LogP contribution in [0.2, 0.25) is 0 Å². The zero-order chi connectivity index (χ0) is 34.6. The number of hydrogen-bond donors (Lipinski definition) is 1. The van der Waals surface area contributed by atoms with Crippen molar-refractivity contribution in [2.45, 2.75) is 18.9 Å². The highest BCUT2D eigenvalue weighted by molar-refractivity contribution is 6.11. The molecule has 3 nitrogen and oxygen atoms in total. The first-order chi connectivity index (χ1) is 25.7. The van der Waals surface area contributed by atoms with Gasteiger partial charge in [0, 0.05) is 39.1 Å². The Morgan fingerprint density at radius 2 is 1.02 bits per heavy atom. The Balaban J connectivity index is 1.13. The molecule has 2 heterocycles. The van der Waals surface area contributed by atoms with E-state index in [1.54, 1.807) is 0 Å². The maximum Gasteiger partial charge on any atom is 0.0681 e. The van der Waals surface area contributed by atoms with Crippen LogP contribution >= 0.6 is 0 Å². The molecule has 0 saturated carbocycles. The minimum absolute atomic E-state index is 0.0365. The third-order valence-corrected chi connectivity index (χ3v) is 10.8. The van der Waals surface area contributed by atoms with Crippen molar-refractivity contribution < 1.29 is 5.11 Å². The molecule has 0 amide bonds. The Morgan fingerprint density at radius 1 is 0.481 bits per heavy atom. The van der Waals surface area contributed by atoms with E-state index in [2.05, 4.69) is 179 Å². The molecule has 0 fully saturated rings. The Hall–Kier alpha value is -6.42. The summed E-state index contributed by atoms with van der Waals surface area (Å²) in [5, 5.41) is 13.5. The topological polar surface area (TPSA) is 30.1 Å². The second kappa shape index (κ2) is 12.4. The van der Waals surface area contributed by atoms with Gasteiger partial charge in [0.1, 0.15) is 0 Å². The van der Waals surface area contributed by atoms with Gasteiger partial charge in [0.2, 0.25) is 0 Å². The molecule has 9 aromatic rings. The second-order valence-electron chi connectivity index (χ2n) is 13.8. The summed E-state index contributed by atoms with van der Waals surface area (Å²) in [6.45, 7) is 0.0365. The third-order valence-electron chi connectivity index (χ3n) is 10.8. The summed E-state index contributed by atoms with van der Waals surface area (Å²) < 4.78 is 4.79. The summed E-state index contributed by atoms with van der Waals surface area (Å²) in [4.78, 5) is 0. The minimum Gasteiger partial charge on any atom is -0.392 e. The fourth-order valence-electron chi connectivity index (χ4n) is 8.27. The van der Waals surface area contributed by atoms with Gasteiger partial charge in [-0.1, -0.05) is 115 Å². The van der Waals surface area contributed by atoms with Gasteiger partial charge in [-0.2, -0.15) is 0 Å². The van der Waals surface area contributed by atoms with Crippen molar-refractivity contribution in [2.24, 2.45) is 0 Å². The van der Waals surface area contributed by atoms with Crippen LogP contribution in [-0.4, -0.2) is 14.2 Å². The van der Waals surface area contributed by atoms with Crippen molar-refractivity contribution in [3.63, 3.8) is 0 Å². The molecule has 1 aliphatic carbocycles. The lowest BCUT2D eigenvalue weighted by Gasteiger charge is -2.20. The molecule has 0 spiro atoms. The van der Waals surface area contributed by atoms with Crippen LogP contribution in [0.5, 0.6) is 0 Å². The first-order valence-corrected chi connectivity index (χ1v) is 18.0. The summed E-state index contributed by atoms with van der Waals surface area (Å²) in [7, 11) is 0. The zero-order valence-corrected chi connectivity index (χ0v) is 28.7. The smallest absolute Gasteiger partial charge is 0.0681 e. The number of rotatable bonds is 6. The Morgan fingerprint density at radius 3 is 1.65 bits per heavy atom. The lowest BCUT2D eigenvalue weighted by Crippen LogP contribution is -2.07. The Bertz CT molecular complexity index is 2770. The number of aromatic nitrogens is 2. The van der Waals surface area contributed by atoms with E-state index in [1.165, 1.54) is 77.5 Å². The summed E-state index contributed by atoms with van der Waals surface area (Å²) >= 11 is 0. The standard InChI is InChI=1S/C49H36N2O/c52-32-33-16-22-41(23-17-33)51-48-25-19-37(35-12-6-2-7-13-35)29-43(48)45-31-39(21-27-49(45)51)38-20-26-47-44(30-38)42-28-36(34-10-4-1-5-11-34)18-24-46(42)50(47)40-14-8-3-9-15-40/h1-30,39,52H,31-32H2. The van der Waals surface area contributed by atoms with E-state index in [0.717, 1.165) is 17.7 Å². The molecule has 3 heteroatoms. The molecule has 248 valence electrons. The van der Waals surface area contributed by atoms with Crippen molar-refractivity contribution >= 4 is 38.8 Å². The van der Waals surface area contributed by atoms with Crippen molar-refractivity contribution in [1.29, 1.82) is 0 Å². The molecule has 7 aromatic carbocycles. The molecule has 1 unspecified atom stereocenters. The van der Waals surface area contributed by atoms with Crippen molar-refractivity contribution in [1.82, 2.24) is 9.13 Å². The molecular weight excluding hydrogens is 633 g/mol. The fourth-order valence-corrected chi connectivity index (χ4v) is 8.27. The van der Waals surface area contributed by atoms with E-state index in [4.69, 9.17) is 0 Å². The average Bonchev–Trinajstić information content (AvgIpc) is 3.73. The van der Waals surface area contributed by atoms with Gasteiger partial charge in [0.15, 0.2) is 0 Å². The van der Waals surface area contributed by atoms with Gasteiger partial charge in [0.25, 0.3) is 0 Å². The van der Waals surface area contributed by atoms with Gasteiger partial charge < -0.3 is 14.2 Å². The lowest BCUT2D eigenvalue weighted by atomic mass is 9.86. The zero-order valence-electron chi connectivity index (χ0n) is 28.7. The van der Waals surface area contributed by atoms with Crippen LogP contribution in [-0.2, 0) is 13.0 Å². The summed E-state index contributed by atoms with van der Waals surface area (Å²) in [6, 6.07) is 61.2. The van der Waals surface area contributed by atoms with Crippen molar-refractivity contribution in [3.05, 3.63) is 198 Å². The van der Waals surface area contributed by atoms with Crippen LogP contribution < -0.4 is 0 Å². The number of benzene rings is 7. The number of para-hydroxylation sites is 1. The number of aliphatic hydroxyl groups is 1. The number of nitrogens with zero attached hydrogens (tertiary/aromatic N) is 2. The largest absolute Gasteiger partial charge is 0.392 e. The van der Waals surface area contributed by atoms with Gasteiger partial charge >= 0.3 is 0 Å². The minimum atomic E-state index is 0.0365. The highest BCUT2D eigenvalue weighted by Crippen LogP contribution is 2.42. The highest BCUT2D eigenvalue weighted by Gasteiger charge is 2.25. The van der Waals surface area contributed by atoms with E-state index in [-0.39, 0.29) is 12.5 Å². The van der Waals surface area contributed by atoms with Crippen molar-refractivity contribution in [3.8, 4) is 33.6 Å². The van der Waals surface area contributed by atoms with Crippen LogP contribution in [0.25, 0.3) is 72.4 Å². The van der Waals surface area contributed by atoms with E-state index in [1.807, 2.05) is 12.1 Å². The van der Waals surface area contributed by atoms with Crippen LogP contribution in [0, 0.1) is 0 Å². The van der Waals surface area contributed by atoms with E-state index < -0.39 is 0 Å².